The van der Waals surface area contributed by atoms with Crippen molar-refractivity contribution in [1.82, 2.24) is 9.91 Å². The van der Waals surface area contributed by atoms with Crippen molar-refractivity contribution in [2.45, 2.75) is 24.7 Å². The molecule has 0 spiro atoms. The van der Waals surface area contributed by atoms with E-state index in [1.807, 2.05) is 12.2 Å². The highest BCUT2D eigenvalue weighted by Crippen LogP contribution is 2.61. The number of ether oxygens (including phenoxy) is 1. The number of likely N-dealkylation sites (tertiary alicyclic amines) is 1. The van der Waals surface area contributed by atoms with E-state index in [2.05, 4.69) is 5.43 Å². The van der Waals surface area contributed by atoms with Crippen LogP contribution in [-0.4, -0.2) is 63.4 Å². The van der Waals surface area contributed by atoms with E-state index in [9.17, 15) is 33.8 Å². The van der Waals surface area contributed by atoms with Gasteiger partial charge in [0.1, 0.15) is 5.82 Å². The van der Waals surface area contributed by atoms with Gasteiger partial charge in [0.15, 0.2) is 11.5 Å². The lowest BCUT2D eigenvalue weighted by Crippen LogP contribution is -2.54. The minimum absolute atomic E-state index is 0.0466. The van der Waals surface area contributed by atoms with Gasteiger partial charge in [-0.05, 0) is 78.4 Å². The van der Waals surface area contributed by atoms with E-state index >= 15 is 4.79 Å². The van der Waals surface area contributed by atoms with Crippen LogP contribution in [0.5, 0.6) is 11.5 Å². The Bertz CT molecular complexity index is 2020. The highest BCUT2D eigenvalue weighted by Gasteiger charge is 2.69. The molecule has 3 N–H and O–H groups in total. The smallest absolute Gasteiger partial charge is 0.305 e. The van der Waals surface area contributed by atoms with E-state index in [4.69, 9.17) is 16.3 Å². The van der Waals surface area contributed by atoms with Crippen LogP contribution in [0.25, 0.3) is 6.08 Å². The van der Waals surface area contributed by atoms with Crippen molar-refractivity contribution in [1.29, 1.82) is 0 Å². The number of aromatic hydroxyl groups is 1. The normalized spacial score (nSPS) is 27.0. The summed E-state index contributed by atoms with van der Waals surface area (Å²) in [6.07, 6.45) is 5.27. The van der Waals surface area contributed by atoms with Crippen molar-refractivity contribution in [2.75, 3.05) is 19.1 Å². The summed E-state index contributed by atoms with van der Waals surface area (Å²) in [6.45, 7) is -0.265. The molecule has 11 nitrogen and oxygen atoms in total. The summed E-state index contributed by atoms with van der Waals surface area (Å²) in [6, 6.07) is 16.6. The molecule has 4 aliphatic rings. The number of nitrogens with zero attached hydrogens (tertiary/aromatic N) is 2. The first-order valence-corrected chi connectivity index (χ1v) is 16.8. The van der Waals surface area contributed by atoms with Gasteiger partial charge in [0.05, 0.1) is 42.4 Å². The molecule has 2 aliphatic carbocycles. The van der Waals surface area contributed by atoms with Gasteiger partial charge in [-0.3, -0.25) is 34.3 Å². The van der Waals surface area contributed by atoms with E-state index in [0.29, 0.717) is 27.4 Å². The molecule has 2 heterocycles. The van der Waals surface area contributed by atoms with E-state index in [-0.39, 0.29) is 30.9 Å². The number of imide groups is 2. The third-order valence-corrected chi connectivity index (χ3v) is 10.9. The molecule has 0 bridgehead atoms. The second kappa shape index (κ2) is 13.0. The Labute approximate surface area is 296 Å². The summed E-state index contributed by atoms with van der Waals surface area (Å²) in [7, 11) is 1.42. The van der Waals surface area contributed by atoms with Crippen LogP contribution >= 0.6 is 11.6 Å². The number of hydrogen-bond donors (Lipinski definition) is 3. The SMILES string of the molecule is COc1cc(C=CC2C3=CCC4C(=O)N(CCC(=O)O)C(=O)C4C3CC3C(=O)N(Nc4ccc(F)cc4)C(=O)C23c2ccc(Cl)cc2)ccc1O. The largest absolute Gasteiger partial charge is 0.504 e. The number of phenolic OH excluding ortho intramolecular Hbond substituents is 1. The molecule has 51 heavy (non-hydrogen) atoms. The number of methoxy groups -OCH3 is 1. The monoisotopic (exact) mass is 713 g/mol. The summed E-state index contributed by atoms with van der Waals surface area (Å²) >= 11 is 6.31. The van der Waals surface area contributed by atoms with Crippen molar-refractivity contribution in [2.24, 2.45) is 29.6 Å². The number of hydrazine groups is 1. The number of phenols is 1. The van der Waals surface area contributed by atoms with E-state index < -0.39 is 76.8 Å². The maximum atomic E-state index is 15.1. The number of aliphatic carboxylic acids is 1. The molecular weight excluding hydrogens is 681 g/mol. The first-order valence-electron chi connectivity index (χ1n) is 16.4. The average molecular weight is 714 g/mol. The predicted octanol–water partition coefficient (Wildman–Crippen LogP) is 5.20. The first kappa shape index (κ1) is 34.0. The molecule has 0 aromatic heterocycles. The number of fused-ring (bicyclic) bond motifs is 4. The van der Waals surface area contributed by atoms with Crippen LogP contribution in [0.1, 0.15) is 30.4 Å². The number of anilines is 1. The Hall–Kier alpha value is -5.49. The minimum atomic E-state index is -1.55. The fraction of sp³-hybridized carbons (Fsp3) is 0.289. The van der Waals surface area contributed by atoms with Gasteiger partial charge >= 0.3 is 5.97 Å². The first-order chi connectivity index (χ1) is 24.4. The maximum Gasteiger partial charge on any atom is 0.305 e. The standard InChI is InChI=1S/C38H33ClFN3O8/c1-51-31-18-20(3-15-30(31)44)2-14-28-25-12-13-26-33(36(49)42(34(26)47)17-16-32(45)46)27(25)19-29-35(48)43(41-24-10-8-23(40)9-11-24)37(50)38(28,29)21-4-6-22(39)7-5-21/h2-12,14-15,18,26-29,33,41,44H,13,16-17,19H2,1H3,(H,45,46). The number of rotatable bonds is 9. The Morgan fingerprint density at radius 3 is 2.43 bits per heavy atom. The van der Waals surface area contributed by atoms with Crippen LogP contribution in [0.3, 0.4) is 0 Å². The second-order valence-corrected chi connectivity index (χ2v) is 13.6. The zero-order valence-corrected chi connectivity index (χ0v) is 28.0. The van der Waals surface area contributed by atoms with Crippen LogP contribution in [0.2, 0.25) is 5.02 Å². The lowest BCUT2D eigenvalue weighted by atomic mass is 9.50. The van der Waals surface area contributed by atoms with Gasteiger partial charge in [-0.2, -0.15) is 5.01 Å². The van der Waals surface area contributed by atoms with Crippen LogP contribution in [-0.2, 0) is 29.4 Å². The van der Waals surface area contributed by atoms with Crippen molar-refractivity contribution in [3.63, 3.8) is 0 Å². The minimum Gasteiger partial charge on any atom is -0.504 e. The van der Waals surface area contributed by atoms with Gasteiger partial charge in [-0.1, -0.05) is 53.6 Å². The van der Waals surface area contributed by atoms with Gasteiger partial charge in [0.25, 0.3) is 11.8 Å². The third kappa shape index (κ3) is 5.54. The fourth-order valence-corrected chi connectivity index (χ4v) is 8.53. The lowest BCUT2D eigenvalue weighted by molar-refractivity contribution is -0.143. The number of benzene rings is 3. The number of carboxylic acids is 1. The number of amides is 4. The fourth-order valence-electron chi connectivity index (χ4n) is 8.40. The van der Waals surface area contributed by atoms with Crippen molar-refractivity contribution in [3.05, 3.63) is 106 Å². The quantitative estimate of drug-likeness (QED) is 0.201. The van der Waals surface area contributed by atoms with E-state index in [1.165, 1.54) is 37.4 Å². The second-order valence-electron chi connectivity index (χ2n) is 13.2. The van der Waals surface area contributed by atoms with Gasteiger partial charge in [-0.15, -0.1) is 0 Å². The maximum absolute atomic E-state index is 15.1. The highest BCUT2D eigenvalue weighted by atomic mass is 35.5. The average Bonchev–Trinajstić information content (AvgIpc) is 3.49. The molecule has 2 saturated heterocycles. The number of halogens is 2. The van der Waals surface area contributed by atoms with Crippen molar-refractivity contribution in [3.8, 4) is 11.5 Å². The van der Waals surface area contributed by atoms with Crippen LogP contribution in [0.4, 0.5) is 10.1 Å². The number of nitrogens with one attached hydrogen (secondary N) is 1. The van der Waals surface area contributed by atoms with E-state index in [0.717, 1.165) is 9.91 Å². The summed E-state index contributed by atoms with van der Waals surface area (Å²) in [5.74, 6) is -7.65. The molecule has 3 aromatic carbocycles. The molecule has 0 radical (unpaired) electrons. The molecule has 262 valence electrons. The number of hydrogen-bond acceptors (Lipinski definition) is 8. The summed E-state index contributed by atoms with van der Waals surface area (Å²) in [5.41, 5.74) is 3.48. The summed E-state index contributed by atoms with van der Waals surface area (Å²) < 4.78 is 19.1. The molecular formula is C38H33ClFN3O8. The van der Waals surface area contributed by atoms with Crippen molar-refractivity contribution < 1.29 is 43.3 Å². The summed E-state index contributed by atoms with van der Waals surface area (Å²) in [5, 5.41) is 20.9. The topological polar surface area (TPSA) is 154 Å². The van der Waals surface area contributed by atoms with Gasteiger partial charge in [-0.25, -0.2) is 4.39 Å². The molecule has 6 unspecified atom stereocenters. The van der Waals surface area contributed by atoms with Gasteiger partial charge in [0.2, 0.25) is 11.8 Å². The summed E-state index contributed by atoms with van der Waals surface area (Å²) in [4.78, 5) is 69.5. The number of carboxylic acid groups (broad SMARTS) is 1. The lowest BCUT2D eigenvalue weighted by Gasteiger charge is -2.49. The molecule has 4 amide bonds. The van der Waals surface area contributed by atoms with Crippen molar-refractivity contribution >= 4 is 53.0 Å². The molecule has 7 rings (SSSR count). The van der Waals surface area contributed by atoms with E-state index in [1.54, 1.807) is 42.5 Å². The zero-order valence-electron chi connectivity index (χ0n) is 27.3. The zero-order chi connectivity index (χ0) is 36.2. The van der Waals surface area contributed by atoms with Crippen LogP contribution in [0, 0.1) is 35.4 Å². The van der Waals surface area contributed by atoms with Crippen LogP contribution in [0.15, 0.2) is 84.5 Å². The molecule has 13 heteroatoms. The number of allylic oxidation sites excluding steroid dienone is 3. The van der Waals surface area contributed by atoms with Crippen LogP contribution < -0.4 is 10.2 Å². The number of carbonyl (C=O) groups is 5. The Balaban J connectivity index is 1.40. The Morgan fingerprint density at radius 2 is 1.75 bits per heavy atom. The Morgan fingerprint density at radius 1 is 1.02 bits per heavy atom. The Kier molecular flexibility index (Phi) is 8.66. The molecule has 1 saturated carbocycles. The molecule has 2 aliphatic heterocycles. The predicted molar refractivity (Wildman–Crippen MR) is 182 cm³/mol. The molecule has 3 aromatic rings. The van der Waals surface area contributed by atoms with Gasteiger partial charge in [0, 0.05) is 17.5 Å². The molecule has 6 atom stereocenters. The molecule has 3 fully saturated rings. The third-order valence-electron chi connectivity index (χ3n) is 10.6. The highest BCUT2D eigenvalue weighted by molar-refractivity contribution is 6.30. The van der Waals surface area contributed by atoms with Gasteiger partial charge < -0.3 is 14.9 Å². The number of carbonyl (C=O) groups excluding carboxylic acids is 4.